The summed E-state index contributed by atoms with van der Waals surface area (Å²) in [4.78, 5) is 4.37. The fourth-order valence-electron chi connectivity index (χ4n) is 2.98. The van der Waals surface area contributed by atoms with Gasteiger partial charge in [0.1, 0.15) is 12.2 Å². The molecule has 0 saturated carbocycles. The average Bonchev–Trinajstić information content (AvgIpc) is 2.83. The van der Waals surface area contributed by atoms with Gasteiger partial charge < -0.3 is 5.32 Å². The molecule has 19 heavy (non-hydrogen) atoms. The first-order valence-electron chi connectivity index (χ1n) is 6.97. The van der Waals surface area contributed by atoms with Crippen LogP contribution in [0.3, 0.4) is 0 Å². The fraction of sp³-hybridized carbons (Fsp3) is 0.643. The van der Waals surface area contributed by atoms with Crippen molar-refractivity contribution in [2.45, 2.75) is 39.0 Å². The standard InChI is InChI=1S/C14H21N5/c1-10-7-12-17-18-13(19(12)9-16-10)14(2,3)11-5-4-6-15-8-11/h7,9,11,15H,4-6,8H2,1-3H3. The summed E-state index contributed by atoms with van der Waals surface area (Å²) in [7, 11) is 0. The van der Waals surface area contributed by atoms with Crippen molar-refractivity contribution in [2.24, 2.45) is 5.92 Å². The Labute approximate surface area is 113 Å². The molecule has 0 aromatic carbocycles. The van der Waals surface area contributed by atoms with Gasteiger partial charge in [-0.25, -0.2) is 4.98 Å². The van der Waals surface area contributed by atoms with Crippen LogP contribution in [0.2, 0.25) is 0 Å². The Morgan fingerprint density at radius 1 is 1.37 bits per heavy atom. The van der Waals surface area contributed by atoms with E-state index in [4.69, 9.17) is 0 Å². The van der Waals surface area contributed by atoms with E-state index >= 15 is 0 Å². The van der Waals surface area contributed by atoms with Gasteiger partial charge >= 0.3 is 0 Å². The van der Waals surface area contributed by atoms with E-state index in [1.54, 1.807) is 0 Å². The Hall–Kier alpha value is -1.49. The molecule has 5 heteroatoms. The second kappa shape index (κ2) is 4.56. The molecule has 1 N–H and O–H groups in total. The van der Waals surface area contributed by atoms with Gasteiger partial charge in [-0.1, -0.05) is 13.8 Å². The fourth-order valence-corrected chi connectivity index (χ4v) is 2.98. The predicted molar refractivity (Wildman–Crippen MR) is 74.1 cm³/mol. The molecule has 0 aliphatic carbocycles. The van der Waals surface area contributed by atoms with Gasteiger partial charge in [0.2, 0.25) is 0 Å². The average molecular weight is 259 g/mol. The van der Waals surface area contributed by atoms with E-state index in [1.165, 1.54) is 12.8 Å². The highest BCUT2D eigenvalue weighted by molar-refractivity contribution is 5.39. The van der Waals surface area contributed by atoms with Crippen LogP contribution in [0.15, 0.2) is 12.4 Å². The summed E-state index contributed by atoms with van der Waals surface area (Å²) in [6.07, 6.45) is 4.33. The van der Waals surface area contributed by atoms with Crippen LogP contribution < -0.4 is 5.32 Å². The number of hydrogen-bond donors (Lipinski definition) is 1. The van der Waals surface area contributed by atoms with Crippen LogP contribution in [0, 0.1) is 12.8 Å². The maximum Gasteiger partial charge on any atom is 0.163 e. The van der Waals surface area contributed by atoms with E-state index in [-0.39, 0.29) is 5.41 Å². The van der Waals surface area contributed by atoms with Crippen LogP contribution in [0.5, 0.6) is 0 Å². The number of piperidine rings is 1. The molecule has 3 rings (SSSR count). The van der Waals surface area contributed by atoms with Crippen LogP contribution in [-0.2, 0) is 5.41 Å². The minimum Gasteiger partial charge on any atom is -0.316 e. The highest BCUT2D eigenvalue weighted by atomic mass is 15.3. The highest BCUT2D eigenvalue weighted by Crippen LogP contribution is 2.34. The molecule has 0 radical (unpaired) electrons. The summed E-state index contributed by atoms with van der Waals surface area (Å²) in [5, 5.41) is 12.2. The molecule has 2 aromatic heterocycles. The first-order chi connectivity index (χ1) is 9.09. The maximum absolute atomic E-state index is 4.43. The highest BCUT2D eigenvalue weighted by Gasteiger charge is 2.36. The van der Waals surface area contributed by atoms with Gasteiger partial charge in [-0.05, 0) is 38.8 Å². The van der Waals surface area contributed by atoms with Crippen LogP contribution >= 0.6 is 0 Å². The first-order valence-corrected chi connectivity index (χ1v) is 6.97. The minimum atomic E-state index is 0.00374. The van der Waals surface area contributed by atoms with Crippen molar-refractivity contribution >= 4 is 5.65 Å². The molecular formula is C14H21N5. The monoisotopic (exact) mass is 259 g/mol. The molecular weight excluding hydrogens is 238 g/mol. The quantitative estimate of drug-likeness (QED) is 0.892. The molecule has 0 bridgehead atoms. The van der Waals surface area contributed by atoms with Crippen molar-refractivity contribution < 1.29 is 0 Å². The van der Waals surface area contributed by atoms with E-state index in [2.05, 4.69) is 34.3 Å². The zero-order valence-electron chi connectivity index (χ0n) is 11.8. The topological polar surface area (TPSA) is 55.1 Å². The molecule has 1 atom stereocenters. The number of aromatic nitrogens is 4. The van der Waals surface area contributed by atoms with Crippen molar-refractivity contribution in [3.05, 3.63) is 23.9 Å². The molecule has 1 aliphatic heterocycles. The largest absolute Gasteiger partial charge is 0.316 e. The van der Waals surface area contributed by atoms with E-state index in [1.807, 2.05) is 23.7 Å². The molecule has 5 nitrogen and oxygen atoms in total. The molecule has 1 fully saturated rings. The Morgan fingerprint density at radius 3 is 2.95 bits per heavy atom. The van der Waals surface area contributed by atoms with Crippen LogP contribution in [-0.4, -0.2) is 32.7 Å². The number of nitrogens with one attached hydrogen (secondary N) is 1. The molecule has 2 aromatic rings. The van der Waals surface area contributed by atoms with Gasteiger partial charge in [0.25, 0.3) is 0 Å². The molecule has 0 spiro atoms. The Morgan fingerprint density at radius 2 is 2.21 bits per heavy atom. The summed E-state index contributed by atoms with van der Waals surface area (Å²) in [5.74, 6) is 1.61. The van der Waals surface area contributed by atoms with Crippen molar-refractivity contribution in [3.8, 4) is 0 Å². The lowest BCUT2D eigenvalue weighted by molar-refractivity contribution is 0.240. The number of rotatable bonds is 2. The van der Waals surface area contributed by atoms with Crippen molar-refractivity contribution in [2.75, 3.05) is 13.1 Å². The predicted octanol–water partition coefficient (Wildman–Crippen LogP) is 1.71. The van der Waals surface area contributed by atoms with Gasteiger partial charge in [-0.2, -0.15) is 0 Å². The van der Waals surface area contributed by atoms with Gasteiger partial charge in [0.05, 0.1) is 0 Å². The van der Waals surface area contributed by atoms with Crippen molar-refractivity contribution in [1.29, 1.82) is 0 Å². The lowest BCUT2D eigenvalue weighted by Crippen LogP contribution is -2.41. The number of nitrogens with zero attached hydrogens (tertiary/aromatic N) is 4. The summed E-state index contributed by atoms with van der Waals surface area (Å²) >= 11 is 0. The summed E-state index contributed by atoms with van der Waals surface area (Å²) in [5.41, 5.74) is 1.87. The smallest absolute Gasteiger partial charge is 0.163 e. The van der Waals surface area contributed by atoms with E-state index in [0.717, 1.165) is 30.3 Å². The number of hydrogen-bond acceptors (Lipinski definition) is 4. The zero-order chi connectivity index (χ0) is 13.5. The lowest BCUT2D eigenvalue weighted by atomic mass is 9.74. The minimum absolute atomic E-state index is 0.00374. The second-order valence-electron chi connectivity index (χ2n) is 6.05. The Kier molecular flexibility index (Phi) is 3.01. The number of fused-ring (bicyclic) bond motifs is 1. The molecule has 1 saturated heterocycles. The van der Waals surface area contributed by atoms with Gasteiger partial charge in [-0.3, -0.25) is 4.40 Å². The normalized spacial score (nSPS) is 20.9. The molecule has 102 valence electrons. The van der Waals surface area contributed by atoms with Crippen molar-refractivity contribution in [3.63, 3.8) is 0 Å². The summed E-state index contributed by atoms with van der Waals surface area (Å²) in [6, 6.07) is 1.98. The number of aryl methyl sites for hydroxylation is 1. The van der Waals surface area contributed by atoms with Gasteiger partial charge in [0.15, 0.2) is 5.65 Å². The SMILES string of the molecule is Cc1cc2nnc(C(C)(C)C3CCCNC3)n2cn1. The van der Waals surface area contributed by atoms with Gasteiger partial charge in [0, 0.05) is 17.2 Å². The summed E-state index contributed by atoms with van der Waals surface area (Å²) in [6.45, 7) is 8.70. The molecule has 0 amide bonds. The van der Waals surface area contributed by atoms with Crippen molar-refractivity contribution in [1.82, 2.24) is 24.9 Å². The first kappa shape index (κ1) is 12.5. The summed E-state index contributed by atoms with van der Waals surface area (Å²) < 4.78 is 2.03. The van der Waals surface area contributed by atoms with E-state index in [9.17, 15) is 0 Å². The molecule has 1 aliphatic rings. The Bertz CT molecular complexity index is 581. The molecule has 3 heterocycles. The third kappa shape index (κ3) is 2.12. The lowest BCUT2D eigenvalue weighted by Gasteiger charge is -2.35. The second-order valence-corrected chi connectivity index (χ2v) is 6.05. The van der Waals surface area contributed by atoms with Crippen LogP contribution in [0.4, 0.5) is 0 Å². The van der Waals surface area contributed by atoms with E-state index in [0.29, 0.717) is 5.92 Å². The Balaban J connectivity index is 2.02. The van der Waals surface area contributed by atoms with Crippen LogP contribution in [0.25, 0.3) is 5.65 Å². The zero-order valence-corrected chi connectivity index (χ0v) is 11.8. The van der Waals surface area contributed by atoms with Gasteiger partial charge in [-0.15, -0.1) is 10.2 Å². The van der Waals surface area contributed by atoms with Crippen LogP contribution in [0.1, 0.15) is 38.2 Å². The molecule has 1 unspecified atom stereocenters. The third-order valence-corrected chi connectivity index (χ3v) is 4.33. The van der Waals surface area contributed by atoms with E-state index < -0.39 is 0 Å². The third-order valence-electron chi connectivity index (χ3n) is 4.33. The maximum atomic E-state index is 4.43.